The Morgan fingerprint density at radius 1 is 1.26 bits per heavy atom. The normalized spacial score (nSPS) is 11.9. The summed E-state index contributed by atoms with van der Waals surface area (Å²) >= 11 is 7.12. The molecule has 2 heterocycles. The Balaban J connectivity index is 2.04. The van der Waals surface area contributed by atoms with Gasteiger partial charge in [-0.15, -0.1) is 11.3 Å². The number of nitrogens with one attached hydrogen (secondary N) is 2. The third-order valence-corrected chi connectivity index (χ3v) is 4.82. The van der Waals surface area contributed by atoms with Gasteiger partial charge in [0.05, 0.1) is 10.9 Å². The predicted molar refractivity (Wildman–Crippen MR) is 74.8 cm³/mol. The minimum atomic E-state index is -3.63. The molecule has 0 saturated heterocycles. The molecule has 0 aromatic carbocycles. The fourth-order valence-corrected chi connectivity index (χ4v) is 3.53. The lowest BCUT2D eigenvalue weighted by Gasteiger charge is -2.02. The van der Waals surface area contributed by atoms with Crippen LogP contribution in [0.5, 0.6) is 0 Å². The van der Waals surface area contributed by atoms with Crippen LogP contribution < -0.4 is 10.0 Å². The molecule has 2 N–H and O–H groups in total. The van der Waals surface area contributed by atoms with Crippen molar-refractivity contribution in [3.05, 3.63) is 39.2 Å². The van der Waals surface area contributed by atoms with Crippen molar-refractivity contribution >= 4 is 33.0 Å². The highest BCUT2D eigenvalue weighted by atomic mass is 35.5. The Labute approximate surface area is 120 Å². The summed E-state index contributed by atoms with van der Waals surface area (Å²) in [5, 5.41) is 2.80. The highest BCUT2D eigenvalue weighted by Crippen LogP contribution is 2.22. The molecule has 0 unspecified atom stereocenters. The second-order valence-corrected chi connectivity index (χ2v) is 7.28. The third-order valence-electron chi connectivity index (χ3n) is 2.32. The van der Waals surface area contributed by atoms with E-state index in [4.69, 9.17) is 16.0 Å². The van der Waals surface area contributed by atoms with E-state index in [0.29, 0.717) is 16.6 Å². The van der Waals surface area contributed by atoms with Crippen LogP contribution in [0.3, 0.4) is 0 Å². The Hall–Kier alpha value is -0.860. The lowest BCUT2D eigenvalue weighted by atomic mass is 10.4. The first-order chi connectivity index (χ1) is 9.01. The van der Waals surface area contributed by atoms with Crippen molar-refractivity contribution in [3.8, 4) is 0 Å². The van der Waals surface area contributed by atoms with Crippen molar-refractivity contribution < 1.29 is 12.8 Å². The number of sulfonamides is 1. The molecule has 0 spiro atoms. The van der Waals surface area contributed by atoms with Crippen molar-refractivity contribution in [1.82, 2.24) is 10.0 Å². The van der Waals surface area contributed by atoms with E-state index in [9.17, 15) is 8.42 Å². The molecule has 0 aliphatic carbocycles. The van der Waals surface area contributed by atoms with E-state index < -0.39 is 10.0 Å². The standard InChI is InChI=1S/C11H13ClN2O3S2/c1-13-6-8-2-5-11(17-8)19(15,16)14-7-9-3-4-10(12)18-9/h2-5,13-14H,6-7H2,1H3. The van der Waals surface area contributed by atoms with Gasteiger partial charge in [0.25, 0.3) is 10.0 Å². The Morgan fingerprint density at radius 3 is 2.68 bits per heavy atom. The van der Waals surface area contributed by atoms with E-state index in [1.165, 1.54) is 17.4 Å². The van der Waals surface area contributed by atoms with Crippen LogP contribution in [0.1, 0.15) is 10.6 Å². The second-order valence-electron chi connectivity index (χ2n) is 3.78. The van der Waals surface area contributed by atoms with Gasteiger partial charge in [-0.25, -0.2) is 13.1 Å². The number of hydrogen-bond donors (Lipinski definition) is 2. The molecule has 0 amide bonds. The first kappa shape index (κ1) is 14.5. The van der Waals surface area contributed by atoms with Crippen LogP contribution in [0.15, 0.2) is 33.8 Å². The Bertz CT molecular complexity index is 648. The molecule has 2 rings (SSSR count). The molecule has 8 heteroatoms. The van der Waals surface area contributed by atoms with Gasteiger partial charge in [-0.05, 0) is 31.3 Å². The lowest BCUT2D eigenvalue weighted by molar-refractivity contribution is 0.404. The summed E-state index contributed by atoms with van der Waals surface area (Å²) in [6, 6.07) is 6.58. The molecular formula is C11H13ClN2O3S2. The quantitative estimate of drug-likeness (QED) is 0.856. The molecule has 0 fully saturated rings. The summed E-state index contributed by atoms with van der Waals surface area (Å²) in [7, 11) is -1.87. The fourth-order valence-electron chi connectivity index (χ4n) is 1.46. The summed E-state index contributed by atoms with van der Waals surface area (Å²) in [6.45, 7) is 0.678. The van der Waals surface area contributed by atoms with Gasteiger partial charge in [0.15, 0.2) is 0 Å². The molecule has 19 heavy (non-hydrogen) atoms. The molecule has 0 saturated carbocycles. The van der Waals surface area contributed by atoms with Crippen LogP contribution in [0.25, 0.3) is 0 Å². The van der Waals surface area contributed by atoms with Crippen LogP contribution in [-0.2, 0) is 23.1 Å². The molecule has 5 nitrogen and oxygen atoms in total. The van der Waals surface area contributed by atoms with Gasteiger partial charge in [0.2, 0.25) is 5.09 Å². The van der Waals surface area contributed by atoms with E-state index in [2.05, 4.69) is 10.0 Å². The van der Waals surface area contributed by atoms with Crippen molar-refractivity contribution in [2.75, 3.05) is 7.05 Å². The van der Waals surface area contributed by atoms with Crippen LogP contribution >= 0.6 is 22.9 Å². The summed E-state index contributed by atoms with van der Waals surface area (Å²) < 4.78 is 32.3. The van der Waals surface area contributed by atoms with E-state index in [1.807, 2.05) is 0 Å². The topological polar surface area (TPSA) is 71.3 Å². The number of halogens is 1. The van der Waals surface area contributed by atoms with E-state index in [0.717, 1.165) is 4.88 Å². The maximum Gasteiger partial charge on any atom is 0.274 e. The molecule has 0 radical (unpaired) electrons. The van der Waals surface area contributed by atoms with Gasteiger partial charge in [0, 0.05) is 11.4 Å². The van der Waals surface area contributed by atoms with Gasteiger partial charge in [-0.1, -0.05) is 11.6 Å². The fraction of sp³-hybridized carbons (Fsp3) is 0.273. The van der Waals surface area contributed by atoms with Crippen molar-refractivity contribution in [1.29, 1.82) is 0 Å². The minimum absolute atomic E-state index is 0.0830. The lowest BCUT2D eigenvalue weighted by Crippen LogP contribution is -2.22. The summed E-state index contributed by atoms with van der Waals surface area (Å²) in [5.41, 5.74) is 0. The maximum absolute atomic E-state index is 12.0. The number of rotatable bonds is 6. The average Bonchev–Trinajstić information content (AvgIpc) is 2.97. The molecule has 0 aliphatic heterocycles. The molecule has 2 aromatic heterocycles. The molecule has 0 aliphatic rings. The highest BCUT2D eigenvalue weighted by molar-refractivity contribution is 7.89. The Morgan fingerprint density at radius 2 is 2.05 bits per heavy atom. The predicted octanol–water partition coefficient (Wildman–Crippen LogP) is 2.19. The maximum atomic E-state index is 12.0. The van der Waals surface area contributed by atoms with Crippen molar-refractivity contribution in [3.63, 3.8) is 0 Å². The summed E-state index contributed by atoms with van der Waals surface area (Å²) in [5.74, 6) is 0.571. The van der Waals surface area contributed by atoms with Crippen LogP contribution in [0.2, 0.25) is 4.34 Å². The van der Waals surface area contributed by atoms with Crippen LogP contribution in [0, 0.1) is 0 Å². The molecule has 104 valence electrons. The summed E-state index contributed by atoms with van der Waals surface area (Å²) in [4.78, 5) is 0.843. The van der Waals surface area contributed by atoms with Crippen LogP contribution in [-0.4, -0.2) is 15.5 Å². The molecular weight excluding hydrogens is 308 g/mol. The third kappa shape index (κ3) is 3.80. The zero-order valence-electron chi connectivity index (χ0n) is 10.1. The van der Waals surface area contributed by atoms with E-state index >= 15 is 0 Å². The van der Waals surface area contributed by atoms with Gasteiger partial charge in [0.1, 0.15) is 5.76 Å². The van der Waals surface area contributed by atoms with Gasteiger partial charge < -0.3 is 9.73 Å². The van der Waals surface area contributed by atoms with Gasteiger partial charge >= 0.3 is 0 Å². The van der Waals surface area contributed by atoms with Crippen molar-refractivity contribution in [2.24, 2.45) is 0 Å². The Kier molecular flexibility index (Phi) is 4.64. The van der Waals surface area contributed by atoms with Crippen LogP contribution in [0.4, 0.5) is 0 Å². The zero-order valence-corrected chi connectivity index (χ0v) is 12.5. The largest absolute Gasteiger partial charge is 0.447 e. The monoisotopic (exact) mass is 320 g/mol. The second kappa shape index (κ2) is 6.06. The molecule has 0 atom stereocenters. The van der Waals surface area contributed by atoms with Gasteiger partial charge in [-0.2, -0.15) is 0 Å². The first-order valence-electron chi connectivity index (χ1n) is 5.48. The number of hydrogen-bond acceptors (Lipinski definition) is 5. The minimum Gasteiger partial charge on any atom is -0.447 e. The first-order valence-corrected chi connectivity index (χ1v) is 8.16. The molecule has 2 aromatic rings. The zero-order chi connectivity index (χ0) is 13.9. The summed E-state index contributed by atoms with van der Waals surface area (Å²) in [6.07, 6.45) is 0. The highest BCUT2D eigenvalue weighted by Gasteiger charge is 2.18. The molecule has 0 bridgehead atoms. The van der Waals surface area contributed by atoms with Gasteiger partial charge in [-0.3, -0.25) is 0 Å². The number of thiophene rings is 1. The van der Waals surface area contributed by atoms with E-state index in [1.54, 1.807) is 25.2 Å². The average molecular weight is 321 g/mol. The van der Waals surface area contributed by atoms with Crippen molar-refractivity contribution in [2.45, 2.75) is 18.2 Å². The number of furan rings is 1. The SMILES string of the molecule is CNCc1ccc(S(=O)(=O)NCc2ccc(Cl)s2)o1. The van der Waals surface area contributed by atoms with E-state index in [-0.39, 0.29) is 11.6 Å². The smallest absolute Gasteiger partial charge is 0.274 e.